The summed E-state index contributed by atoms with van der Waals surface area (Å²) in [6, 6.07) is 14.0. The van der Waals surface area contributed by atoms with Gasteiger partial charge in [0.2, 0.25) is 11.6 Å². The lowest BCUT2D eigenvalue weighted by molar-refractivity contribution is 0.414. The Hall–Kier alpha value is -4.09. The lowest BCUT2D eigenvalue weighted by Crippen LogP contribution is -2.26. The Morgan fingerprint density at radius 2 is 2.00 bits per heavy atom. The van der Waals surface area contributed by atoms with Gasteiger partial charge in [-0.3, -0.25) is 9.36 Å². The number of hydrogen-bond acceptors (Lipinski definition) is 6. The Bertz CT molecular complexity index is 1410. The van der Waals surface area contributed by atoms with Crippen molar-refractivity contribution in [1.29, 1.82) is 0 Å². The first-order valence-electron chi connectivity index (χ1n) is 9.68. The minimum absolute atomic E-state index is 0.0462. The second-order valence-corrected chi connectivity index (χ2v) is 7.46. The quantitative estimate of drug-likeness (QED) is 0.429. The molecule has 0 aliphatic heterocycles. The summed E-state index contributed by atoms with van der Waals surface area (Å²) >= 11 is 6.38. The molecule has 0 saturated heterocycles. The van der Waals surface area contributed by atoms with E-state index in [1.165, 1.54) is 6.20 Å². The van der Waals surface area contributed by atoms with Crippen molar-refractivity contribution in [2.24, 2.45) is 0 Å². The topological polar surface area (TPSA) is 99.4 Å². The fourth-order valence-electron chi connectivity index (χ4n) is 3.51. The predicted molar refractivity (Wildman–Crippen MR) is 126 cm³/mol. The third-order valence-electron chi connectivity index (χ3n) is 5.06. The highest BCUT2D eigenvalue weighted by Crippen LogP contribution is 2.30. The molecule has 8 nitrogen and oxygen atoms in total. The summed E-state index contributed by atoms with van der Waals surface area (Å²) in [5, 5.41) is 4.71. The van der Waals surface area contributed by atoms with Crippen LogP contribution in [0.4, 0.5) is 17.5 Å². The van der Waals surface area contributed by atoms with Gasteiger partial charge in [0.25, 0.3) is 5.56 Å². The molecule has 2 aromatic carbocycles. The molecule has 4 rings (SSSR count). The van der Waals surface area contributed by atoms with Crippen molar-refractivity contribution in [2.75, 3.05) is 18.2 Å². The van der Waals surface area contributed by atoms with Crippen LogP contribution in [0.3, 0.4) is 0 Å². The fraction of sp³-hybridized carbons (Fsp3) is 0.130. The first-order chi connectivity index (χ1) is 15.4. The fourth-order valence-corrected chi connectivity index (χ4v) is 3.77. The van der Waals surface area contributed by atoms with Crippen LogP contribution >= 0.6 is 11.6 Å². The van der Waals surface area contributed by atoms with Gasteiger partial charge in [-0.1, -0.05) is 23.7 Å². The zero-order valence-electron chi connectivity index (χ0n) is 17.3. The summed E-state index contributed by atoms with van der Waals surface area (Å²) in [7, 11) is 1.58. The van der Waals surface area contributed by atoms with Crippen LogP contribution in [-0.4, -0.2) is 21.6 Å². The summed E-state index contributed by atoms with van der Waals surface area (Å²) in [5.74, 6) is 1.01. The van der Waals surface area contributed by atoms with E-state index < -0.39 is 6.04 Å². The highest BCUT2D eigenvalue weighted by molar-refractivity contribution is 6.35. The Morgan fingerprint density at radius 3 is 2.69 bits per heavy atom. The molecule has 0 aliphatic rings. The number of ether oxygens (including phenoxy) is 1. The summed E-state index contributed by atoms with van der Waals surface area (Å²) in [4.78, 5) is 25.0. The molecule has 9 heteroatoms. The van der Waals surface area contributed by atoms with Crippen LogP contribution in [-0.2, 0) is 0 Å². The SMILES string of the molecule is [C-]#[N+]c1cnc(N)nc1N[C@@H](C)c1cc2cccc(Cl)c2c(=O)n1-c1ccc(OC)cc1. The third-order valence-corrected chi connectivity index (χ3v) is 5.38. The van der Waals surface area contributed by atoms with Gasteiger partial charge >= 0.3 is 0 Å². The van der Waals surface area contributed by atoms with E-state index in [-0.39, 0.29) is 17.2 Å². The smallest absolute Gasteiger partial charge is 0.264 e. The van der Waals surface area contributed by atoms with E-state index in [2.05, 4.69) is 20.1 Å². The number of aromatic nitrogens is 3. The number of nitrogen functional groups attached to an aromatic ring is 1. The lowest BCUT2D eigenvalue weighted by Gasteiger charge is -2.22. The summed E-state index contributed by atoms with van der Waals surface area (Å²) in [5.41, 5.74) is 6.99. The molecule has 0 saturated carbocycles. The molecule has 0 amide bonds. The minimum atomic E-state index is -0.414. The molecule has 4 aromatic rings. The van der Waals surface area contributed by atoms with Crippen LogP contribution in [0.2, 0.25) is 5.02 Å². The van der Waals surface area contributed by atoms with Crippen LogP contribution in [0.1, 0.15) is 18.7 Å². The molecule has 0 radical (unpaired) electrons. The molecule has 160 valence electrons. The summed E-state index contributed by atoms with van der Waals surface area (Å²) < 4.78 is 6.83. The van der Waals surface area contributed by atoms with E-state index in [4.69, 9.17) is 28.6 Å². The number of nitrogens with one attached hydrogen (secondary N) is 1. The Labute approximate surface area is 189 Å². The van der Waals surface area contributed by atoms with E-state index in [0.717, 1.165) is 0 Å². The number of halogens is 1. The number of anilines is 2. The number of nitrogens with two attached hydrogens (primary N) is 1. The molecule has 0 spiro atoms. The Kier molecular flexibility index (Phi) is 5.67. The zero-order valence-corrected chi connectivity index (χ0v) is 18.1. The van der Waals surface area contributed by atoms with Crippen molar-refractivity contribution >= 4 is 39.8 Å². The molecule has 0 bridgehead atoms. The molecule has 3 N–H and O–H groups in total. The summed E-state index contributed by atoms with van der Waals surface area (Å²) in [6.07, 6.45) is 1.36. The normalized spacial score (nSPS) is 11.7. The summed E-state index contributed by atoms with van der Waals surface area (Å²) in [6.45, 7) is 9.24. The average molecular weight is 447 g/mol. The van der Waals surface area contributed by atoms with Gasteiger partial charge in [0.15, 0.2) is 0 Å². The van der Waals surface area contributed by atoms with Crippen molar-refractivity contribution in [1.82, 2.24) is 14.5 Å². The first-order valence-corrected chi connectivity index (χ1v) is 10.1. The highest BCUT2D eigenvalue weighted by Gasteiger charge is 2.19. The van der Waals surface area contributed by atoms with Crippen LogP contribution in [0.5, 0.6) is 5.75 Å². The van der Waals surface area contributed by atoms with E-state index in [1.807, 2.05) is 19.1 Å². The van der Waals surface area contributed by atoms with Gasteiger partial charge in [0.05, 0.1) is 30.1 Å². The van der Waals surface area contributed by atoms with Crippen molar-refractivity contribution in [3.63, 3.8) is 0 Å². The largest absolute Gasteiger partial charge is 0.497 e. The third kappa shape index (κ3) is 3.82. The van der Waals surface area contributed by atoms with E-state index >= 15 is 0 Å². The van der Waals surface area contributed by atoms with Gasteiger partial charge < -0.3 is 15.8 Å². The second kappa shape index (κ2) is 8.57. The molecular formula is C23H19ClN6O2. The van der Waals surface area contributed by atoms with Crippen molar-refractivity contribution in [3.05, 3.63) is 87.2 Å². The molecule has 32 heavy (non-hydrogen) atoms. The molecule has 0 aliphatic carbocycles. The number of benzene rings is 2. The molecule has 0 unspecified atom stereocenters. The van der Waals surface area contributed by atoms with Gasteiger partial charge in [-0.15, -0.1) is 0 Å². The molecular weight excluding hydrogens is 428 g/mol. The second-order valence-electron chi connectivity index (χ2n) is 7.05. The monoisotopic (exact) mass is 446 g/mol. The highest BCUT2D eigenvalue weighted by atomic mass is 35.5. The number of fused-ring (bicyclic) bond motifs is 1. The molecule has 1 atom stereocenters. The van der Waals surface area contributed by atoms with Gasteiger partial charge in [-0.25, -0.2) is 14.8 Å². The maximum Gasteiger partial charge on any atom is 0.264 e. The minimum Gasteiger partial charge on any atom is -0.497 e. The van der Waals surface area contributed by atoms with Gasteiger partial charge in [0.1, 0.15) is 11.6 Å². The Balaban J connectivity index is 1.92. The molecule has 0 fully saturated rings. The maximum atomic E-state index is 13.6. The van der Waals surface area contributed by atoms with Gasteiger partial charge in [-0.2, -0.15) is 0 Å². The van der Waals surface area contributed by atoms with Crippen molar-refractivity contribution in [2.45, 2.75) is 13.0 Å². The standard InChI is InChI=1S/C23H19ClN6O2/c1-13(28-21-18(26-2)12-27-23(25)29-21)19-11-14-5-4-6-17(24)20(14)22(31)30(19)15-7-9-16(32-3)10-8-15/h4-13H,1,3H3,(H3,25,27,28,29)/t13-/m0/s1. The van der Waals surface area contributed by atoms with Crippen LogP contribution in [0.15, 0.2) is 59.5 Å². The number of hydrogen-bond donors (Lipinski definition) is 2. The Morgan fingerprint density at radius 1 is 1.25 bits per heavy atom. The van der Waals surface area contributed by atoms with Crippen molar-refractivity contribution < 1.29 is 4.74 Å². The van der Waals surface area contributed by atoms with Crippen LogP contribution in [0, 0.1) is 6.57 Å². The zero-order chi connectivity index (χ0) is 22.8. The number of nitrogens with zero attached hydrogens (tertiary/aromatic N) is 4. The average Bonchev–Trinajstić information content (AvgIpc) is 2.79. The van der Waals surface area contributed by atoms with E-state index in [1.54, 1.807) is 48.1 Å². The van der Waals surface area contributed by atoms with E-state index in [9.17, 15) is 4.79 Å². The van der Waals surface area contributed by atoms with Gasteiger partial charge in [-0.05, 0) is 48.7 Å². The maximum absolute atomic E-state index is 13.6. The van der Waals surface area contributed by atoms with E-state index in [0.29, 0.717) is 38.7 Å². The molecule has 2 heterocycles. The number of methoxy groups -OCH3 is 1. The molecule has 2 aromatic heterocycles. The first kappa shape index (κ1) is 21.2. The van der Waals surface area contributed by atoms with Crippen LogP contribution < -0.4 is 21.3 Å². The number of pyridine rings is 1. The van der Waals surface area contributed by atoms with Crippen LogP contribution in [0.25, 0.3) is 21.3 Å². The predicted octanol–water partition coefficient (Wildman–Crippen LogP) is 4.75. The lowest BCUT2D eigenvalue weighted by atomic mass is 10.1. The number of rotatable bonds is 5. The van der Waals surface area contributed by atoms with Gasteiger partial charge in [0, 0.05) is 17.6 Å². The van der Waals surface area contributed by atoms with Crippen molar-refractivity contribution in [3.8, 4) is 11.4 Å².